The number of alkyl halides is 2. The van der Waals surface area contributed by atoms with E-state index < -0.39 is 18.0 Å². The van der Waals surface area contributed by atoms with Crippen LogP contribution in [0.1, 0.15) is 28.9 Å². The Labute approximate surface area is 158 Å². The number of amides is 1. The molecule has 0 aromatic carbocycles. The highest BCUT2D eigenvalue weighted by molar-refractivity contribution is 6.09. The van der Waals surface area contributed by atoms with E-state index in [1.54, 1.807) is 10.7 Å². The molecule has 0 aliphatic carbocycles. The summed E-state index contributed by atoms with van der Waals surface area (Å²) >= 11 is 0. The number of fused-ring (bicyclic) bond motifs is 3. The number of pyridine rings is 1. The van der Waals surface area contributed by atoms with E-state index >= 15 is 0 Å². The molecule has 2 bridgehead atoms. The fourth-order valence-corrected chi connectivity index (χ4v) is 3.99. The first-order valence-corrected chi connectivity index (χ1v) is 8.98. The fourth-order valence-electron chi connectivity index (χ4n) is 3.99. The predicted molar refractivity (Wildman–Crippen MR) is 96.8 cm³/mol. The number of aromatic nitrogens is 4. The van der Waals surface area contributed by atoms with Crippen LogP contribution in [0.15, 0.2) is 30.7 Å². The van der Waals surface area contributed by atoms with Crippen LogP contribution in [0.4, 0.5) is 20.2 Å². The SMILES string of the molecule is Cn1cc(NC(=O)c2cnn3ccc(N4C[C@H]5C[C@@H]4CO5)cc23)c(C(F)F)n1. The number of carbonyl (C=O) groups excluding carboxylic acids is 1. The van der Waals surface area contributed by atoms with Crippen LogP contribution in [0.5, 0.6) is 0 Å². The number of aryl methyl sites for hydroxylation is 1. The highest BCUT2D eigenvalue weighted by atomic mass is 19.3. The van der Waals surface area contributed by atoms with Gasteiger partial charge in [-0.05, 0) is 18.6 Å². The maximum absolute atomic E-state index is 13.1. The monoisotopic (exact) mass is 388 g/mol. The van der Waals surface area contributed by atoms with E-state index in [0.717, 1.165) is 18.7 Å². The Bertz CT molecular complexity index is 1060. The summed E-state index contributed by atoms with van der Waals surface area (Å²) in [6.07, 6.45) is 3.08. The molecule has 146 valence electrons. The molecule has 8 nitrogen and oxygen atoms in total. The van der Waals surface area contributed by atoms with E-state index in [-0.39, 0.29) is 11.8 Å². The smallest absolute Gasteiger partial charge is 0.284 e. The zero-order valence-corrected chi connectivity index (χ0v) is 15.0. The minimum atomic E-state index is -2.78. The number of halogens is 2. The summed E-state index contributed by atoms with van der Waals surface area (Å²) in [6, 6.07) is 4.20. The van der Waals surface area contributed by atoms with E-state index in [1.807, 2.05) is 12.1 Å². The Kier molecular flexibility index (Phi) is 3.83. The highest BCUT2D eigenvalue weighted by Gasteiger charge is 2.39. The Morgan fingerprint density at radius 3 is 3.00 bits per heavy atom. The van der Waals surface area contributed by atoms with Gasteiger partial charge in [-0.2, -0.15) is 10.2 Å². The van der Waals surface area contributed by atoms with Crippen molar-refractivity contribution in [3.8, 4) is 0 Å². The molecular weight excluding hydrogens is 370 g/mol. The summed E-state index contributed by atoms with van der Waals surface area (Å²) in [6.45, 7) is 1.53. The van der Waals surface area contributed by atoms with Crippen molar-refractivity contribution in [2.24, 2.45) is 7.05 Å². The van der Waals surface area contributed by atoms with Crippen LogP contribution < -0.4 is 10.2 Å². The van der Waals surface area contributed by atoms with Crippen molar-refractivity contribution < 1.29 is 18.3 Å². The van der Waals surface area contributed by atoms with Crippen molar-refractivity contribution in [3.05, 3.63) is 42.0 Å². The molecule has 2 atom stereocenters. The normalized spacial score (nSPS) is 21.2. The van der Waals surface area contributed by atoms with Crippen LogP contribution in [0.25, 0.3) is 5.52 Å². The third kappa shape index (κ3) is 2.71. The van der Waals surface area contributed by atoms with E-state index in [4.69, 9.17) is 4.74 Å². The second-order valence-corrected chi connectivity index (χ2v) is 7.13. The van der Waals surface area contributed by atoms with Gasteiger partial charge in [-0.3, -0.25) is 9.48 Å². The van der Waals surface area contributed by atoms with Gasteiger partial charge in [0.2, 0.25) is 0 Å². The first-order chi connectivity index (χ1) is 13.5. The second-order valence-electron chi connectivity index (χ2n) is 7.13. The Morgan fingerprint density at radius 1 is 1.43 bits per heavy atom. The number of hydrogen-bond acceptors (Lipinski definition) is 5. The first-order valence-electron chi connectivity index (χ1n) is 8.98. The Balaban J connectivity index is 1.46. The van der Waals surface area contributed by atoms with Crippen molar-refractivity contribution >= 4 is 22.8 Å². The highest BCUT2D eigenvalue weighted by Crippen LogP contribution is 2.33. The number of nitrogens with zero attached hydrogens (tertiary/aromatic N) is 5. The quantitative estimate of drug-likeness (QED) is 0.742. The Hall–Kier alpha value is -3.01. The van der Waals surface area contributed by atoms with E-state index in [9.17, 15) is 13.6 Å². The molecular formula is C18H18F2N6O2. The van der Waals surface area contributed by atoms with Crippen molar-refractivity contribution in [1.29, 1.82) is 0 Å². The lowest BCUT2D eigenvalue weighted by Gasteiger charge is -2.29. The maximum Gasteiger partial charge on any atom is 0.284 e. The van der Waals surface area contributed by atoms with Gasteiger partial charge in [-0.1, -0.05) is 0 Å². The van der Waals surface area contributed by atoms with E-state index in [0.29, 0.717) is 23.7 Å². The van der Waals surface area contributed by atoms with Crippen molar-refractivity contribution in [1.82, 2.24) is 19.4 Å². The lowest BCUT2D eigenvalue weighted by Crippen LogP contribution is -2.36. The van der Waals surface area contributed by atoms with Crippen LogP contribution in [-0.4, -0.2) is 50.6 Å². The molecule has 1 amide bonds. The molecule has 0 saturated carbocycles. The average molecular weight is 388 g/mol. The molecule has 0 spiro atoms. The number of carbonyl (C=O) groups is 1. The van der Waals surface area contributed by atoms with Crippen LogP contribution in [-0.2, 0) is 11.8 Å². The largest absolute Gasteiger partial charge is 0.374 e. The molecule has 3 aromatic rings. The zero-order chi connectivity index (χ0) is 19.4. The summed E-state index contributed by atoms with van der Waals surface area (Å²) in [5.41, 5.74) is 1.45. The van der Waals surface area contributed by atoms with Gasteiger partial charge in [-0.25, -0.2) is 13.3 Å². The number of rotatable bonds is 4. The van der Waals surface area contributed by atoms with E-state index in [2.05, 4.69) is 20.4 Å². The number of anilines is 2. The second kappa shape index (κ2) is 6.26. The standard InChI is InChI=1S/C18H18F2N6O2/c1-24-8-14(16(23-24)17(19)20)22-18(27)13-6-21-26-3-2-10(5-15(13)26)25-7-12-4-11(25)9-28-12/h2-3,5-6,8,11-12,17H,4,7,9H2,1H3,(H,22,27)/t11-,12-/m1/s1. The molecule has 0 radical (unpaired) electrons. The topological polar surface area (TPSA) is 76.7 Å². The maximum atomic E-state index is 13.1. The van der Waals surface area contributed by atoms with Crippen LogP contribution >= 0.6 is 0 Å². The Morgan fingerprint density at radius 2 is 2.29 bits per heavy atom. The number of morpholine rings is 1. The average Bonchev–Trinajstić information content (AvgIpc) is 3.43. The number of ether oxygens (including phenoxy) is 1. The molecule has 1 N–H and O–H groups in total. The molecule has 2 aliphatic heterocycles. The van der Waals surface area contributed by atoms with Gasteiger partial charge in [0.15, 0.2) is 5.69 Å². The van der Waals surface area contributed by atoms with Crippen LogP contribution in [0.3, 0.4) is 0 Å². The molecule has 10 heteroatoms. The lowest BCUT2D eigenvalue weighted by atomic mass is 10.2. The summed E-state index contributed by atoms with van der Waals surface area (Å²) in [5.74, 6) is -0.506. The summed E-state index contributed by atoms with van der Waals surface area (Å²) in [7, 11) is 1.52. The molecule has 2 fully saturated rings. The summed E-state index contributed by atoms with van der Waals surface area (Å²) in [4.78, 5) is 15.0. The first kappa shape index (κ1) is 17.1. The third-order valence-electron chi connectivity index (χ3n) is 5.29. The number of hydrogen-bond donors (Lipinski definition) is 1. The lowest BCUT2D eigenvalue weighted by molar-refractivity contribution is 0.0991. The zero-order valence-electron chi connectivity index (χ0n) is 15.0. The van der Waals surface area contributed by atoms with Gasteiger partial charge >= 0.3 is 0 Å². The van der Waals surface area contributed by atoms with Gasteiger partial charge in [-0.15, -0.1) is 0 Å². The van der Waals surface area contributed by atoms with Crippen molar-refractivity contribution in [3.63, 3.8) is 0 Å². The number of nitrogens with one attached hydrogen (secondary N) is 1. The van der Waals surface area contributed by atoms with Crippen LogP contribution in [0, 0.1) is 0 Å². The van der Waals surface area contributed by atoms with Gasteiger partial charge in [0.05, 0.1) is 41.7 Å². The van der Waals surface area contributed by atoms with E-state index in [1.165, 1.54) is 24.1 Å². The van der Waals surface area contributed by atoms with Gasteiger partial charge < -0.3 is 15.0 Å². The fraction of sp³-hybridized carbons (Fsp3) is 0.389. The molecule has 5 rings (SSSR count). The summed E-state index contributed by atoms with van der Waals surface area (Å²) in [5, 5.41) is 10.4. The molecule has 5 heterocycles. The van der Waals surface area contributed by atoms with Crippen molar-refractivity contribution in [2.75, 3.05) is 23.4 Å². The third-order valence-corrected chi connectivity index (χ3v) is 5.29. The molecule has 28 heavy (non-hydrogen) atoms. The van der Waals surface area contributed by atoms with Gasteiger partial charge in [0.1, 0.15) is 0 Å². The van der Waals surface area contributed by atoms with Gasteiger partial charge in [0, 0.05) is 31.7 Å². The molecule has 3 aromatic heterocycles. The van der Waals surface area contributed by atoms with Crippen molar-refractivity contribution in [2.45, 2.75) is 25.0 Å². The molecule has 2 saturated heterocycles. The minimum Gasteiger partial charge on any atom is -0.374 e. The molecule has 2 aliphatic rings. The van der Waals surface area contributed by atoms with Crippen LogP contribution in [0.2, 0.25) is 0 Å². The van der Waals surface area contributed by atoms with Gasteiger partial charge in [0.25, 0.3) is 12.3 Å². The minimum absolute atomic E-state index is 0.00740. The summed E-state index contributed by atoms with van der Waals surface area (Å²) < 4.78 is 34.7. The molecule has 0 unspecified atom stereocenters. The predicted octanol–water partition coefficient (Wildman–Crippen LogP) is 2.24.